The Morgan fingerprint density at radius 2 is 1.96 bits per heavy atom. The maximum absolute atomic E-state index is 13.0. The summed E-state index contributed by atoms with van der Waals surface area (Å²) in [4.78, 5) is 4.53. The zero-order valence-corrected chi connectivity index (χ0v) is 15.7. The van der Waals surface area contributed by atoms with E-state index < -0.39 is 16.1 Å². The van der Waals surface area contributed by atoms with Gasteiger partial charge >= 0.3 is 0 Å². The zero-order chi connectivity index (χ0) is 18.2. The largest absolute Gasteiger partial charge is 0.393 e. The van der Waals surface area contributed by atoms with Crippen molar-refractivity contribution in [2.24, 2.45) is 5.92 Å². The van der Waals surface area contributed by atoms with Crippen LogP contribution < -0.4 is 4.72 Å². The summed E-state index contributed by atoms with van der Waals surface area (Å²) in [5.41, 5.74) is 1.96. The molecular formula is C18H21ClN2O3S. The van der Waals surface area contributed by atoms with Crippen molar-refractivity contribution in [1.29, 1.82) is 0 Å². The fourth-order valence-corrected chi connectivity index (χ4v) is 4.94. The first-order chi connectivity index (χ1) is 11.8. The third kappa shape index (κ3) is 3.87. The van der Waals surface area contributed by atoms with Gasteiger partial charge in [-0.1, -0.05) is 17.7 Å². The van der Waals surface area contributed by atoms with E-state index in [1.807, 2.05) is 6.07 Å². The second kappa shape index (κ2) is 7.03. The molecule has 0 bridgehead atoms. The molecule has 0 saturated heterocycles. The lowest BCUT2D eigenvalue weighted by molar-refractivity contribution is 0.0273. The minimum atomic E-state index is -3.75. The van der Waals surface area contributed by atoms with Crippen LogP contribution in [-0.2, 0) is 10.0 Å². The SMILES string of the molecule is Cc1cc(S(=O)(=O)NC(c2ccccn2)C2CC(O)C2)c(C)cc1Cl. The van der Waals surface area contributed by atoms with Gasteiger partial charge in [-0.3, -0.25) is 4.98 Å². The molecule has 1 aromatic heterocycles. The Kier molecular flexibility index (Phi) is 5.16. The second-order valence-electron chi connectivity index (χ2n) is 6.61. The summed E-state index contributed by atoms with van der Waals surface area (Å²) in [5, 5.41) is 10.2. The number of pyridine rings is 1. The van der Waals surface area contributed by atoms with Gasteiger partial charge < -0.3 is 5.11 Å². The van der Waals surface area contributed by atoms with E-state index in [-0.39, 0.29) is 16.9 Å². The topological polar surface area (TPSA) is 79.3 Å². The van der Waals surface area contributed by atoms with E-state index in [9.17, 15) is 13.5 Å². The molecule has 1 aliphatic carbocycles. The van der Waals surface area contributed by atoms with Crippen LogP contribution in [0, 0.1) is 19.8 Å². The fourth-order valence-electron chi connectivity index (χ4n) is 3.13. The molecule has 0 amide bonds. The van der Waals surface area contributed by atoms with Crippen LogP contribution in [0.5, 0.6) is 0 Å². The van der Waals surface area contributed by atoms with Crippen LogP contribution in [0.1, 0.15) is 35.7 Å². The summed E-state index contributed by atoms with van der Waals surface area (Å²) in [6, 6.07) is 8.20. The van der Waals surface area contributed by atoms with Gasteiger partial charge in [0.15, 0.2) is 0 Å². The molecule has 1 aliphatic rings. The normalized spacial score (nSPS) is 21.6. The van der Waals surface area contributed by atoms with E-state index in [0.29, 0.717) is 34.7 Å². The van der Waals surface area contributed by atoms with Crippen molar-refractivity contribution < 1.29 is 13.5 Å². The average molecular weight is 381 g/mol. The molecule has 1 fully saturated rings. The second-order valence-corrected chi connectivity index (χ2v) is 8.70. The van der Waals surface area contributed by atoms with Gasteiger partial charge in [-0.2, -0.15) is 0 Å². The number of nitrogens with zero attached hydrogens (tertiary/aromatic N) is 1. The lowest BCUT2D eigenvalue weighted by Gasteiger charge is -2.37. The molecule has 2 N–H and O–H groups in total. The highest BCUT2D eigenvalue weighted by Crippen LogP contribution is 2.38. The first-order valence-corrected chi connectivity index (χ1v) is 10.0. The van der Waals surface area contributed by atoms with Crippen LogP contribution >= 0.6 is 11.6 Å². The molecular weight excluding hydrogens is 360 g/mol. The predicted octanol–water partition coefficient (Wildman–Crippen LogP) is 3.14. The van der Waals surface area contributed by atoms with Gasteiger partial charge in [-0.15, -0.1) is 0 Å². The molecule has 1 unspecified atom stereocenters. The number of aliphatic hydroxyl groups excluding tert-OH is 1. The Morgan fingerprint density at radius 3 is 2.56 bits per heavy atom. The van der Waals surface area contributed by atoms with Gasteiger partial charge in [0.25, 0.3) is 0 Å². The molecule has 0 radical (unpaired) electrons. The van der Waals surface area contributed by atoms with Crippen LogP contribution in [0.4, 0.5) is 0 Å². The van der Waals surface area contributed by atoms with Crippen LogP contribution in [0.2, 0.25) is 5.02 Å². The molecule has 1 atom stereocenters. The molecule has 1 heterocycles. The van der Waals surface area contributed by atoms with Crippen LogP contribution in [-0.4, -0.2) is 24.6 Å². The molecule has 2 aromatic rings. The van der Waals surface area contributed by atoms with Crippen molar-refractivity contribution in [3.63, 3.8) is 0 Å². The Bertz CT molecular complexity index is 865. The number of hydrogen-bond donors (Lipinski definition) is 2. The Labute approximate surface area is 153 Å². The Morgan fingerprint density at radius 1 is 1.24 bits per heavy atom. The highest BCUT2D eigenvalue weighted by molar-refractivity contribution is 7.89. The highest BCUT2D eigenvalue weighted by atomic mass is 35.5. The molecule has 5 nitrogen and oxygen atoms in total. The minimum Gasteiger partial charge on any atom is -0.393 e. The minimum absolute atomic E-state index is 0.0216. The number of aliphatic hydroxyl groups is 1. The van der Waals surface area contributed by atoms with Gasteiger partial charge in [-0.05, 0) is 68.0 Å². The Hall–Kier alpha value is -1.47. The molecule has 0 aliphatic heterocycles. The van der Waals surface area contributed by atoms with Gasteiger partial charge in [0.05, 0.1) is 22.7 Å². The maximum atomic E-state index is 13.0. The number of rotatable bonds is 5. The number of hydrogen-bond acceptors (Lipinski definition) is 4. The van der Waals surface area contributed by atoms with E-state index in [2.05, 4.69) is 9.71 Å². The lowest BCUT2D eigenvalue weighted by Crippen LogP contribution is -2.41. The first kappa shape index (κ1) is 18.3. The number of aryl methyl sites for hydroxylation is 2. The van der Waals surface area contributed by atoms with Gasteiger partial charge in [-0.25, -0.2) is 13.1 Å². The van der Waals surface area contributed by atoms with Crippen molar-refractivity contribution in [3.8, 4) is 0 Å². The number of sulfonamides is 1. The summed E-state index contributed by atoms with van der Waals surface area (Å²) in [6.07, 6.45) is 2.38. The standard InChI is InChI=1S/C18H21ClN2O3S/c1-11-8-17(12(2)7-15(11)19)25(23,24)21-18(13-9-14(22)10-13)16-5-3-4-6-20-16/h3-8,13-14,18,21-22H,9-10H2,1-2H3. The lowest BCUT2D eigenvalue weighted by atomic mass is 9.76. The third-order valence-electron chi connectivity index (χ3n) is 4.66. The van der Waals surface area contributed by atoms with Crippen LogP contribution in [0.3, 0.4) is 0 Å². The fraction of sp³-hybridized carbons (Fsp3) is 0.389. The molecule has 3 rings (SSSR count). The number of nitrogens with one attached hydrogen (secondary N) is 1. The van der Waals surface area contributed by atoms with E-state index in [1.54, 1.807) is 44.3 Å². The molecule has 7 heteroatoms. The monoisotopic (exact) mass is 380 g/mol. The number of halogens is 1. The third-order valence-corrected chi connectivity index (χ3v) is 6.65. The summed E-state index contributed by atoms with van der Waals surface area (Å²) in [5.74, 6) is 0.0216. The molecule has 1 saturated carbocycles. The maximum Gasteiger partial charge on any atom is 0.241 e. The summed E-state index contributed by atoms with van der Waals surface area (Å²) < 4.78 is 28.8. The van der Waals surface area contributed by atoms with E-state index in [0.717, 1.165) is 0 Å². The van der Waals surface area contributed by atoms with E-state index >= 15 is 0 Å². The van der Waals surface area contributed by atoms with Gasteiger partial charge in [0, 0.05) is 11.2 Å². The van der Waals surface area contributed by atoms with Crippen molar-refractivity contribution in [3.05, 3.63) is 58.4 Å². The molecule has 25 heavy (non-hydrogen) atoms. The average Bonchev–Trinajstić information content (AvgIpc) is 2.54. The molecule has 1 aromatic carbocycles. The highest BCUT2D eigenvalue weighted by Gasteiger charge is 2.38. The molecule has 0 spiro atoms. The summed E-state index contributed by atoms with van der Waals surface area (Å²) in [7, 11) is -3.75. The zero-order valence-electron chi connectivity index (χ0n) is 14.1. The van der Waals surface area contributed by atoms with Gasteiger partial charge in [0.1, 0.15) is 0 Å². The summed E-state index contributed by atoms with van der Waals surface area (Å²) in [6.45, 7) is 3.50. The Balaban J connectivity index is 1.95. The van der Waals surface area contributed by atoms with Crippen molar-refractivity contribution >= 4 is 21.6 Å². The molecule has 134 valence electrons. The van der Waals surface area contributed by atoms with Crippen molar-refractivity contribution in [2.45, 2.75) is 43.7 Å². The first-order valence-electron chi connectivity index (χ1n) is 8.16. The van der Waals surface area contributed by atoms with Gasteiger partial charge in [0.2, 0.25) is 10.0 Å². The number of benzene rings is 1. The van der Waals surface area contributed by atoms with E-state index in [4.69, 9.17) is 11.6 Å². The number of aromatic nitrogens is 1. The smallest absolute Gasteiger partial charge is 0.241 e. The predicted molar refractivity (Wildman–Crippen MR) is 97.0 cm³/mol. The van der Waals surface area contributed by atoms with Crippen LogP contribution in [0.15, 0.2) is 41.4 Å². The van der Waals surface area contributed by atoms with E-state index in [1.165, 1.54) is 0 Å². The summed E-state index contributed by atoms with van der Waals surface area (Å²) >= 11 is 6.08. The van der Waals surface area contributed by atoms with Crippen LogP contribution in [0.25, 0.3) is 0 Å². The van der Waals surface area contributed by atoms with Crippen molar-refractivity contribution in [2.75, 3.05) is 0 Å². The quantitative estimate of drug-likeness (QED) is 0.835. The van der Waals surface area contributed by atoms with Crippen molar-refractivity contribution in [1.82, 2.24) is 9.71 Å².